The number of carbonyl (C=O) groups is 2. The Kier molecular flexibility index (Phi) is 1.34. The zero-order valence-corrected chi connectivity index (χ0v) is 4.96. The van der Waals surface area contributed by atoms with Crippen molar-refractivity contribution in [3.63, 3.8) is 0 Å². The van der Waals surface area contributed by atoms with E-state index in [2.05, 4.69) is 0 Å². The van der Waals surface area contributed by atoms with Gasteiger partial charge in [-0.1, -0.05) is 0 Å². The Morgan fingerprint density at radius 1 is 1.78 bits per heavy atom. The van der Waals surface area contributed by atoms with Crippen LogP contribution in [-0.4, -0.2) is 18.2 Å². The van der Waals surface area contributed by atoms with Crippen molar-refractivity contribution in [1.29, 1.82) is 0 Å². The van der Waals surface area contributed by atoms with Gasteiger partial charge in [0.15, 0.2) is 6.29 Å². The molecule has 0 saturated heterocycles. The van der Waals surface area contributed by atoms with Crippen LogP contribution >= 0.6 is 0 Å². The third-order valence-electron chi connectivity index (χ3n) is 1.06. The van der Waals surface area contributed by atoms with Crippen LogP contribution in [0.4, 0.5) is 0 Å². The summed E-state index contributed by atoms with van der Waals surface area (Å²) in [6.07, 6.45) is 0.944. The summed E-state index contributed by atoms with van der Waals surface area (Å²) in [5.41, 5.74) is 0. The Balaban J connectivity index is 2.71. The van der Waals surface area contributed by atoms with Gasteiger partial charge in [0.1, 0.15) is 0 Å². The summed E-state index contributed by atoms with van der Waals surface area (Å²) in [5.74, 6) is 0.250. The van der Waals surface area contributed by atoms with E-state index in [-0.39, 0.29) is 5.78 Å². The maximum atomic E-state index is 10.6. The fraction of sp³-hybridized carbons (Fsp3) is 0.333. The summed E-state index contributed by atoms with van der Waals surface area (Å²) < 4.78 is 4.77. The van der Waals surface area contributed by atoms with Gasteiger partial charge in [0.05, 0.1) is 5.76 Å². The molecule has 3 heteroatoms. The number of allylic oxidation sites excluding steroid dienone is 1. The number of carbonyl (C=O) groups excluding carboxylic acids is 2. The van der Waals surface area contributed by atoms with Crippen molar-refractivity contribution in [2.45, 2.75) is 13.0 Å². The van der Waals surface area contributed by atoms with Crippen molar-refractivity contribution in [2.24, 2.45) is 0 Å². The number of hydrogen-bond donors (Lipinski definition) is 0. The molecule has 48 valence electrons. The first-order chi connectivity index (χ1) is 4.24. The van der Waals surface area contributed by atoms with Gasteiger partial charge in [0.25, 0.3) is 0 Å². The summed E-state index contributed by atoms with van der Waals surface area (Å²) >= 11 is 0. The number of hydrogen-bond acceptors (Lipinski definition) is 3. The molecule has 1 heterocycles. The largest absolute Gasteiger partial charge is 0.479 e. The van der Waals surface area contributed by atoms with Crippen LogP contribution in [0, 0.1) is 0 Å². The van der Waals surface area contributed by atoms with E-state index in [9.17, 15) is 9.59 Å². The molecule has 0 saturated carbocycles. The zero-order valence-electron chi connectivity index (χ0n) is 4.96. The van der Waals surface area contributed by atoms with Crippen molar-refractivity contribution in [1.82, 2.24) is 0 Å². The molecule has 1 rings (SSSR count). The highest BCUT2D eigenvalue weighted by Crippen LogP contribution is 2.10. The molecule has 0 N–H and O–H groups in total. The summed E-state index contributed by atoms with van der Waals surface area (Å²) in [6, 6.07) is 0. The van der Waals surface area contributed by atoms with E-state index >= 15 is 0 Å². The normalized spacial score (nSPS) is 25.2. The van der Waals surface area contributed by atoms with Crippen molar-refractivity contribution >= 4 is 12.1 Å². The molecule has 1 aliphatic rings. The average Bonchev–Trinajstić information content (AvgIpc) is 2.10. The van der Waals surface area contributed by atoms with E-state index < -0.39 is 6.10 Å². The van der Waals surface area contributed by atoms with Gasteiger partial charge in [0.2, 0.25) is 11.9 Å². The van der Waals surface area contributed by atoms with Crippen LogP contribution < -0.4 is 0 Å². The van der Waals surface area contributed by atoms with Gasteiger partial charge in [0, 0.05) is 6.08 Å². The SMILES string of the molecule is CC1=CC(=O)C(C=O)O1. The lowest BCUT2D eigenvalue weighted by molar-refractivity contribution is -0.127. The molecule has 0 aromatic heterocycles. The smallest absolute Gasteiger partial charge is 0.215 e. The Morgan fingerprint density at radius 3 is 2.67 bits per heavy atom. The first-order valence-corrected chi connectivity index (χ1v) is 2.58. The molecule has 1 unspecified atom stereocenters. The van der Waals surface area contributed by atoms with Gasteiger partial charge in [-0.15, -0.1) is 0 Å². The van der Waals surface area contributed by atoms with Gasteiger partial charge in [-0.05, 0) is 6.92 Å². The molecule has 0 spiro atoms. The summed E-state index contributed by atoms with van der Waals surface area (Å²) in [7, 11) is 0. The molecule has 9 heavy (non-hydrogen) atoms. The van der Waals surface area contributed by atoms with Gasteiger partial charge >= 0.3 is 0 Å². The second kappa shape index (κ2) is 2.01. The quantitative estimate of drug-likeness (QED) is 0.368. The number of aldehydes is 1. The number of ketones is 1. The minimum absolute atomic E-state index is 0.262. The third-order valence-corrected chi connectivity index (χ3v) is 1.06. The average molecular weight is 126 g/mol. The first-order valence-electron chi connectivity index (χ1n) is 2.58. The van der Waals surface area contributed by atoms with E-state index in [1.165, 1.54) is 6.08 Å². The predicted molar refractivity (Wildman–Crippen MR) is 29.7 cm³/mol. The van der Waals surface area contributed by atoms with E-state index in [0.29, 0.717) is 12.0 Å². The fourth-order valence-corrected chi connectivity index (χ4v) is 0.670. The summed E-state index contributed by atoms with van der Waals surface area (Å²) in [6.45, 7) is 1.64. The monoisotopic (exact) mass is 126 g/mol. The standard InChI is InChI=1S/C6H6O3/c1-4-2-5(8)6(3-7)9-4/h2-3,6H,1H3. The van der Waals surface area contributed by atoms with Crippen molar-refractivity contribution in [3.8, 4) is 0 Å². The van der Waals surface area contributed by atoms with Gasteiger partial charge < -0.3 is 4.74 Å². The van der Waals surface area contributed by atoms with Crippen molar-refractivity contribution < 1.29 is 14.3 Å². The van der Waals surface area contributed by atoms with Crippen molar-refractivity contribution in [2.75, 3.05) is 0 Å². The Morgan fingerprint density at radius 2 is 2.44 bits per heavy atom. The predicted octanol–water partition coefficient (Wildman–Crippen LogP) is 0.0570. The topological polar surface area (TPSA) is 43.4 Å². The lowest BCUT2D eigenvalue weighted by atomic mass is 10.3. The second-order valence-corrected chi connectivity index (χ2v) is 1.83. The van der Waals surface area contributed by atoms with E-state index in [1.54, 1.807) is 6.92 Å². The molecule has 3 nitrogen and oxygen atoms in total. The lowest BCUT2D eigenvalue weighted by Gasteiger charge is -1.99. The molecule has 0 amide bonds. The number of ether oxygens (including phenoxy) is 1. The van der Waals surface area contributed by atoms with Crippen LogP contribution in [0.1, 0.15) is 6.92 Å². The molecule has 1 aliphatic heterocycles. The number of rotatable bonds is 1. The fourth-order valence-electron chi connectivity index (χ4n) is 0.670. The molecule has 0 aliphatic carbocycles. The van der Waals surface area contributed by atoms with Crippen LogP contribution in [0.5, 0.6) is 0 Å². The molecule has 0 bridgehead atoms. The maximum absolute atomic E-state index is 10.6. The summed E-state index contributed by atoms with van der Waals surface area (Å²) in [4.78, 5) is 20.6. The Labute approximate surface area is 52.3 Å². The van der Waals surface area contributed by atoms with Crippen LogP contribution in [0.15, 0.2) is 11.8 Å². The molecule has 0 fully saturated rings. The minimum atomic E-state index is -0.870. The maximum Gasteiger partial charge on any atom is 0.215 e. The van der Waals surface area contributed by atoms with Crippen LogP contribution in [0.25, 0.3) is 0 Å². The van der Waals surface area contributed by atoms with Crippen molar-refractivity contribution in [3.05, 3.63) is 11.8 Å². The molecule has 0 aromatic carbocycles. The lowest BCUT2D eigenvalue weighted by Crippen LogP contribution is -2.16. The third kappa shape index (κ3) is 0.988. The first kappa shape index (κ1) is 6.01. The highest BCUT2D eigenvalue weighted by molar-refractivity contribution is 6.05. The van der Waals surface area contributed by atoms with Crippen LogP contribution in [0.3, 0.4) is 0 Å². The highest BCUT2D eigenvalue weighted by Gasteiger charge is 2.23. The molecule has 0 aromatic rings. The van der Waals surface area contributed by atoms with Gasteiger partial charge in [-0.2, -0.15) is 0 Å². The summed E-state index contributed by atoms with van der Waals surface area (Å²) in [5, 5.41) is 0. The minimum Gasteiger partial charge on any atom is -0.479 e. The Hall–Kier alpha value is -1.12. The molecular formula is C6H6O3. The molecule has 0 radical (unpaired) electrons. The van der Waals surface area contributed by atoms with Gasteiger partial charge in [-0.3, -0.25) is 9.59 Å². The van der Waals surface area contributed by atoms with Gasteiger partial charge in [-0.25, -0.2) is 0 Å². The highest BCUT2D eigenvalue weighted by atomic mass is 16.5. The Bertz CT molecular complexity index is 181. The van der Waals surface area contributed by atoms with E-state index in [1.807, 2.05) is 0 Å². The molecule has 1 atom stereocenters. The van der Waals surface area contributed by atoms with Crippen LogP contribution in [0.2, 0.25) is 0 Å². The zero-order chi connectivity index (χ0) is 6.85. The molecular weight excluding hydrogens is 120 g/mol. The van der Waals surface area contributed by atoms with Crippen LogP contribution in [-0.2, 0) is 14.3 Å². The van der Waals surface area contributed by atoms with E-state index in [4.69, 9.17) is 4.74 Å². The second-order valence-electron chi connectivity index (χ2n) is 1.83. The van der Waals surface area contributed by atoms with E-state index in [0.717, 1.165) is 0 Å².